The number of nitrogens with one attached hydrogen (secondary N) is 2. The first-order valence-electron chi connectivity index (χ1n) is 6.81. The number of ether oxygens (including phenoxy) is 1. The minimum Gasteiger partial charge on any atom is -0.385 e. The third-order valence-corrected chi connectivity index (χ3v) is 4.76. The molecular formula is C12H26N2O3S. The number of methoxy groups -OCH3 is 1. The molecule has 1 saturated heterocycles. The van der Waals surface area contributed by atoms with Crippen LogP contribution in [0.3, 0.4) is 0 Å². The third-order valence-electron chi connectivity index (χ3n) is 3.20. The molecule has 108 valence electrons. The van der Waals surface area contributed by atoms with E-state index < -0.39 is 10.0 Å². The van der Waals surface area contributed by atoms with Gasteiger partial charge in [-0.3, -0.25) is 0 Å². The normalized spacial score (nSPS) is 21.1. The van der Waals surface area contributed by atoms with Gasteiger partial charge >= 0.3 is 0 Å². The van der Waals surface area contributed by atoms with Crippen LogP contribution in [0.15, 0.2) is 0 Å². The van der Waals surface area contributed by atoms with E-state index in [-0.39, 0.29) is 11.7 Å². The van der Waals surface area contributed by atoms with Crippen LogP contribution in [-0.4, -0.2) is 47.5 Å². The summed E-state index contributed by atoms with van der Waals surface area (Å²) in [5.41, 5.74) is 0. The molecule has 1 aliphatic heterocycles. The number of sulfonamides is 1. The maximum absolute atomic E-state index is 11.8. The van der Waals surface area contributed by atoms with Crippen LogP contribution in [0, 0.1) is 5.92 Å². The lowest BCUT2D eigenvalue weighted by Crippen LogP contribution is -2.37. The van der Waals surface area contributed by atoms with Crippen LogP contribution in [0.2, 0.25) is 0 Å². The number of hydrogen-bond donors (Lipinski definition) is 2. The predicted octanol–water partition coefficient (Wildman–Crippen LogP) is 0.722. The molecule has 0 aromatic carbocycles. The van der Waals surface area contributed by atoms with Crippen LogP contribution >= 0.6 is 0 Å². The number of rotatable bonds is 9. The standard InChI is InChI=1S/C12H26N2O3S/c1-17-9-4-2-3-8-14-18(15,16)11-12-6-5-7-13-10-12/h12-14H,2-11H2,1H3. The monoisotopic (exact) mass is 278 g/mol. The van der Waals surface area contributed by atoms with Crippen LogP contribution in [-0.2, 0) is 14.8 Å². The molecule has 0 aromatic rings. The van der Waals surface area contributed by atoms with Crippen molar-refractivity contribution in [2.24, 2.45) is 5.92 Å². The summed E-state index contributed by atoms with van der Waals surface area (Å²) in [5, 5.41) is 3.24. The molecule has 1 fully saturated rings. The second kappa shape index (κ2) is 8.85. The minimum atomic E-state index is -3.10. The largest absolute Gasteiger partial charge is 0.385 e. The van der Waals surface area contributed by atoms with Crippen molar-refractivity contribution in [2.75, 3.05) is 39.1 Å². The van der Waals surface area contributed by atoms with Gasteiger partial charge in [-0.1, -0.05) is 0 Å². The summed E-state index contributed by atoms with van der Waals surface area (Å²) in [7, 11) is -1.41. The molecular weight excluding hydrogens is 252 g/mol. The molecule has 0 aromatic heterocycles. The van der Waals surface area contributed by atoms with E-state index in [0.29, 0.717) is 6.54 Å². The highest BCUT2D eigenvalue weighted by Crippen LogP contribution is 2.11. The van der Waals surface area contributed by atoms with Crippen molar-refractivity contribution in [3.8, 4) is 0 Å². The van der Waals surface area contributed by atoms with Crippen molar-refractivity contribution in [1.29, 1.82) is 0 Å². The zero-order valence-electron chi connectivity index (χ0n) is 11.3. The van der Waals surface area contributed by atoms with Gasteiger partial charge in [0.15, 0.2) is 0 Å². The third kappa shape index (κ3) is 7.31. The molecule has 0 bridgehead atoms. The van der Waals surface area contributed by atoms with Gasteiger partial charge in [0.2, 0.25) is 10.0 Å². The highest BCUT2D eigenvalue weighted by molar-refractivity contribution is 7.89. The van der Waals surface area contributed by atoms with Crippen LogP contribution in [0.5, 0.6) is 0 Å². The van der Waals surface area contributed by atoms with Gasteiger partial charge in [0, 0.05) is 20.3 Å². The van der Waals surface area contributed by atoms with E-state index in [2.05, 4.69) is 10.0 Å². The Hall–Kier alpha value is -0.170. The molecule has 5 nitrogen and oxygen atoms in total. The van der Waals surface area contributed by atoms with Crippen LogP contribution in [0.4, 0.5) is 0 Å². The van der Waals surface area contributed by atoms with Gasteiger partial charge < -0.3 is 10.1 Å². The summed E-state index contributed by atoms with van der Waals surface area (Å²) in [6, 6.07) is 0. The fraction of sp³-hybridized carbons (Fsp3) is 1.00. The summed E-state index contributed by atoms with van der Waals surface area (Å²) in [4.78, 5) is 0. The molecule has 18 heavy (non-hydrogen) atoms. The van der Waals surface area contributed by atoms with Crippen LogP contribution in [0.1, 0.15) is 32.1 Å². The lowest BCUT2D eigenvalue weighted by atomic mass is 10.0. The molecule has 1 unspecified atom stereocenters. The quantitative estimate of drug-likeness (QED) is 0.610. The SMILES string of the molecule is COCCCCCNS(=O)(=O)CC1CCCNC1. The topological polar surface area (TPSA) is 67.4 Å². The van der Waals surface area contributed by atoms with Gasteiger partial charge in [0.25, 0.3) is 0 Å². The molecule has 1 heterocycles. The maximum atomic E-state index is 11.8. The fourth-order valence-corrected chi connectivity index (χ4v) is 3.69. The summed E-state index contributed by atoms with van der Waals surface area (Å²) < 4.78 is 31.3. The first kappa shape index (κ1) is 15.9. The van der Waals surface area contributed by atoms with E-state index >= 15 is 0 Å². The Morgan fingerprint density at radius 2 is 2.17 bits per heavy atom. The smallest absolute Gasteiger partial charge is 0.211 e. The van der Waals surface area contributed by atoms with Crippen LogP contribution in [0.25, 0.3) is 0 Å². The molecule has 0 radical (unpaired) electrons. The van der Waals surface area contributed by atoms with Gasteiger partial charge in [0.1, 0.15) is 0 Å². The molecule has 0 amide bonds. The first-order valence-corrected chi connectivity index (χ1v) is 8.46. The molecule has 0 spiro atoms. The highest BCUT2D eigenvalue weighted by atomic mass is 32.2. The second-order valence-corrected chi connectivity index (χ2v) is 6.79. The lowest BCUT2D eigenvalue weighted by molar-refractivity contribution is 0.192. The minimum absolute atomic E-state index is 0.262. The van der Waals surface area contributed by atoms with E-state index in [0.717, 1.165) is 51.8 Å². The van der Waals surface area contributed by atoms with Gasteiger partial charge in [0.05, 0.1) is 5.75 Å². The summed E-state index contributed by atoms with van der Waals surface area (Å²) in [6.45, 7) is 3.14. The molecule has 2 N–H and O–H groups in total. The zero-order chi connectivity index (χ0) is 13.3. The summed E-state index contributed by atoms with van der Waals surface area (Å²) in [5.74, 6) is 0.530. The van der Waals surface area contributed by atoms with E-state index in [1.165, 1.54) is 0 Å². The molecule has 1 aliphatic rings. The summed E-state index contributed by atoms with van der Waals surface area (Å²) >= 11 is 0. The lowest BCUT2D eigenvalue weighted by Gasteiger charge is -2.22. The van der Waals surface area contributed by atoms with E-state index in [1.54, 1.807) is 7.11 Å². The Kier molecular flexibility index (Phi) is 7.81. The Morgan fingerprint density at radius 3 is 2.83 bits per heavy atom. The van der Waals surface area contributed by atoms with Gasteiger partial charge in [-0.2, -0.15) is 0 Å². The average molecular weight is 278 g/mol. The Balaban J connectivity index is 2.11. The second-order valence-electron chi connectivity index (χ2n) is 4.94. The van der Waals surface area contributed by atoms with Crippen molar-refractivity contribution in [1.82, 2.24) is 10.0 Å². The molecule has 0 aliphatic carbocycles. The number of unbranched alkanes of at least 4 members (excludes halogenated alkanes) is 2. The first-order chi connectivity index (χ1) is 8.64. The van der Waals surface area contributed by atoms with Gasteiger partial charge in [-0.25, -0.2) is 13.1 Å². The van der Waals surface area contributed by atoms with Gasteiger partial charge in [-0.15, -0.1) is 0 Å². The Morgan fingerprint density at radius 1 is 1.33 bits per heavy atom. The van der Waals surface area contributed by atoms with Crippen molar-refractivity contribution < 1.29 is 13.2 Å². The number of piperidine rings is 1. The van der Waals surface area contributed by atoms with Crippen LogP contribution < -0.4 is 10.0 Å². The molecule has 0 saturated carbocycles. The predicted molar refractivity (Wildman–Crippen MR) is 73.1 cm³/mol. The van der Waals surface area contributed by atoms with E-state index in [9.17, 15) is 8.42 Å². The average Bonchev–Trinajstić information content (AvgIpc) is 2.34. The van der Waals surface area contributed by atoms with E-state index in [4.69, 9.17) is 4.74 Å². The molecule has 1 rings (SSSR count). The summed E-state index contributed by atoms with van der Waals surface area (Å²) in [6.07, 6.45) is 4.97. The zero-order valence-corrected chi connectivity index (χ0v) is 12.1. The maximum Gasteiger partial charge on any atom is 0.211 e. The van der Waals surface area contributed by atoms with Crippen molar-refractivity contribution in [2.45, 2.75) is 32.1 Å². The van der Waals surface area contributed by atoms with E-state index in [1.807, 2.05) is 0 Å². The Bertz CT molecular complexity index is 300. The Labute approximate surface area is 111 Å². The molecule has 6 heteroatoms. The number of hydrogen-bond acceptors (Lipinski definition) is 4. The van der Waals surface area contributed by atoms with Crippen molar-refractivity contribution >= 4 is 10.0 Å². The molecule has 1 atom stereocenters. The fourth-order valence-electron chi connectivity index (χ4n) is 2.21. The van der Waals surface area contributed by atoms with Crippen molar-refractivity contribution in [3.63, 3.8) is 0 Å². The van der Waals surface area contributed by atoms with Gasteiger partial charge in [-0.05, 0) is 51.1 Å². The van der Waals surface area contributed by atoms with Crippen molar-refractivity contribution in [3.05, 3.63) is 0 Å². The highest BCUT2D eigenvalue weighted by Gasteiger charge is 2.20.